The van der Waals surface area contributed by atoms with Crippen molar-refractivity contribution >= 4 is 52.0 Å². The van der Waals surface area contributed by atoms with Crippen LogP contribution in [0.15, 0.2) is 118 Å². The predicted molar refractivity (Wildman–Crippen MR) is 157 cm³/mol. The molecule has 0 unspecified atom stereocenters. The van der Waals surface area contributed by atoms with Gasteiger partial charge in [-0.15, -0.1) is 0 Å². The average Bonchev–Trinajstić information content (AvgIpc) is 3.59. The van der Waals surface area contributed by atoms with Gasteiger partial charge in [-0.1, -0.05) is 65.7 Å². The number of carbonyl (C=O) groups excluding carboxylic acids is 1. The highest BCUT2D eigenvalue weighted by Gasteiger charge is 2.11. The number of hydrogen-bond acceptors (Lipinski definition) is 4. The van der Waals surface area contributed by atoms with Gasteiger partial charge in [-0.05, 0) is 77.9 Å². The van der Waals surface area contributed by atoms with Gasteiger partial charge in [-0.3, -0.25) is 4.79 Å². The van der Waals surface area contributed by atoms with Crippen molar-refractivity contribution in [1.82, 2.24) is 4.98 Å². The Hall–Kier alpha value is -4.58. The van der Waals surface area contributed by atoms with Crippen LogP contribution in [-0.4, -0.2) is 10.9 Å². The summed E-state index contributed by atoms with van der Waals surface area (Å²) >= 11 is 12.2. The Kier molecular flexibility index (Phi) is 6.76. The first kappa shape index (κ1) is 24.7. The number of nitrogens with zero attached hydrogens (tertiary/aromatic N) is 1. The second kappa shape index (κ2) is 10.7. The standard InChI is InChI=1S/C32H20Cl2N2O3/c33-24-16-23(17-25(34)18-24)29-14-11-27(38-29)12-15-31(37)35-26-10-13-30-28(19-26)36-32(39-30)22-8-6-21(7-9-22)20-4-2-1-3-5-20/h1-19H,(H,35,37)/b15-12+. The molecule has 0 aliphatic carbocycles. The lowest BCUT2D eigenvalue weighted by Crippen LogP contribution is -2.07. The molecule has 0 saturated heterocycles. The smallest absolute Gasteiger partial charge is 0.248 e. The van der Waals surface area contributed by atoms with E-state index >= 15 is 0 Å². The molecular formula is C32H20Cl2N2O3. The lowest BCUT2D eigenvalue weighted by atomic mass is 10.0. The number of oxazole rings is 1. The van der Waals surface area contributed by atoms with Crippen LogP contribution in [0.2, 0.25) is 10.0 Å². The molecule has 2 heterocycles. The van der Waals surface area contributed by atoms with Crippen LogP contribution >= 0.6 is 23.2 Å². The zero-order chi connectivity index (χ0) is 26.8. The van der Waals surface area contributed by atoms with Gasteiger partial charge >= 0.3 is 0 Å². The zero-order valence-electron chi connectivity index (χ0n) is 20.4. The van der Waals surface area contributed by atoms with E-state index in [4.69, 9.17) is 32.0 Å². The van der Waals surface area contributed by atoms with E-state index in [1.54, 1.807) is 54.6 Å². The fraction of sp³-hybridized carbons (Fsp3) is 0. The molecule has 1 amide bonds. The van der Waals surface area contributed by atoms with E-state index in [1.165, 1.54) is 6.08 Å². The van der Waals surface area contributed by atoms with Gasteiger partial charge in [-0.2, -0.15) is 0 Å². The molecule has 6 rings (SSSR count). The monoisotopic (exact) mass is 550 g/mol. The molecule has 0 saturated carbocycles. The maximum Gasteiger partial charge on any atom is 0.248 e. The van der Waals surface area contributed by atoms with Crippen LogP contribution in [0.1, 0.15) is 5.76 Å². The first-order chi connectivity index (χ1) is 19.0. The fourth-order valence-electron chi connectivity index (χ4n) is 4.20. The van der Waals surface area contributed by atoms with Crippen LogP contribution in [0.25, 0.3) is 51.1 Å². The number of nitrogens with one attached hydrogen (secondary N) is 1. The molecular weight excluding hydrogens is 531 g/mol. The molecule has 190 valence electrons. The summed E-state index contributed by atoms with van der Waals surface area (Å²) in [6.45, 7) is 0. The Labute approximate surface area is 234 Å². The van der Waals surface area contributed by atoms with Crippen molar-refractivity contribution in [3.8, 4) is 33.9 Å². The average molecular weight is 551 g/mol. The van der Waals surface area contributed by atoms with Crippen molar-refractivity contribution in [3.05, 3.63) is 125 Å². The van der Waals surface area contributed by atoms with E-state index in [0.717, 1.165) is 22.3 Å². The lowest BCUT2D eigenvalue weighted by molar-refractivity contribution is -0.111. The molecule has 0 atom stereocenters. The summed E-state index contributed by atoms with van der Waals surface area (Å²) in [7, 11) is 0. The van der Waals surface area contributed by atoms with E-state index in [9.17, 15) is 4.79 Å². The van der Waals surface area contributed by atoms with E-state index < -0.39 is 0 Å². The highest BCUT2D eigenvalue weighted by molar-refractivity contribution is 6.35. The van der Waals surface area contributed by atoms with Crippen LogP contribution < -0.4 is 5.32 Å². The van der Waals surface area contributed by atoms with Crippen molar-refractivity contribution in [3.63, 3.8) is 0 Å². The number of fused-ring (bicyclic) bond motifs is 1. The van der Waals surface area contributed by atoms with Gasteiger partial charge < -0.3 is 14.2 Å². The molecule has 39 heavy (non-hydrogen) atoms. The number of anilines is 1. The Morgan fingerprint density at radius 2 is 1.44 bits per heavy atom. The molecule has 5 nitrogen and oxygen atoms in total. The molecule has 4 aromatic carbocycles. The van der Waals surface area contributed by atoms with E-state index in [-0.39, 0.29) is 5.91 Å². The number of hydrogen-bond donors (Lipinski definition) is 1. The van der Waals surface area contributed by atoms with Crippen molar-refractivity contribution in [2.45, 2.75) is 0 Å². The summed E-state index contributed by atoms with van der Waals surface area (Å²) in [5.74, 6) is 1.33. The van der Waals surface area contributed by atoms with Gasteiger partial charge in [0.15, 0.2) is 5.58 Å². The number of aromatic nitrogens is 1. The van der Waals surface area contributed by atoms with E-state index in [2.05, 4.69) is 22.4 Å². The second-order valence-electron chi connectivity index (χ2n) is 8.83. The van der Waals surface area contributed by atoms with Gasteiger partial charge in [0.1, 0.15) is 17.0 Å². The minimum Gasteiger partial charge on any atom is -0.457 e. The predicted octanol–water partition coefficient (Wildman–Crippen LogP) is 9.38. The summed E-state index contributed by atoms with van der Waals surface area (Å²) in [5.41, 5.74) is 5.78. The van der Waals surface area contributed by atoms with Gasteiger partial charge in [0.25, 0.3) is 0 Å². The highest BCUT2D eigenvalue weighted by Crippen LogP contribution is 2.30. The van der Waals surface area contributed by atoms with Gasteiger partial charge in [0.05, 0.1) is 0 Å². The SMILES string of the molecule is O=C(/C=C/c1ccc(-c2cc(Cl)cc(Cl)c2)o1)Nc1ccc2oc(-c3ccc(-c4ccccc4)cc3)nc2c1. The first-order valence-electron chi connectivity index (χ1n) is 12.1. The number of halogens is 2. The normalized spacial score (nSPS) is 11.3. The third-order valence-electron chi connectivity index (χ3n) is 6.07. The number of rotatable bonds is 6. The Morgan fingerprint density at radius 1 is 0.718 bits per heavy atom. The third-order valence-corrected chi connectivity index (χ3v) is 6.50. The van der Waals surface area contributed by atoms with Crippen LogP contribution in [0.3, 0.4) is 0 Å². The minimum atomic E-state index is -0.307. The molecule has 0 fully saturated rings. The van der Waals surface area contributed by atoms with Crippen LogP contribution in [-0.2, 0) is 4.79 Å². The minimum absolute atomic E-state index is 0.307. The summed E-state index contributed by atoms with van der Waals surface area (Å²) in [4.78, 5) is 17.2. The van der Waals surface area contributed by atoms with Gasteiger partial charge in [0, 0.05) is 32.9 Å². The van der Waals surface area contributed by atoms with Crippen LogP contribution in [0.5, 0.6) is 0 Å². The Bertz CT molecular complexity index is 1800. The lowest BCUT2D eigenvalue weighted by Gasteiger charge is -2.02. The van der Waals surface area contributed by atoms with Crippen LogP contribution in [0, 0.1) is 0 Å². The molecule has 1 N–H and O–H groups in total. The topological polar surface area (TPSA) is 68.3 Å². The van der Waals surface area contributed by atoms with E-state index in [1.807, 2.05) is 42.5 Å². The molecule has 6 aromatic rings. The van der Waals surface area contributed by atoms with Crippen LogP contribution in [0.4, 0.5) is 5.69 Å². The molecule has 0 bridgehead atoms. The molecule has 0 radical (unpaired) electrons. The summed E-state index contributed by atoms with van der Waals surface area (Å²) in [6, 6.07) is 32.3. The van der Waals surface area contributed by atoms with Crippen molar-refractivity contribution < 1.29 is 13.6 Å². The third kappa shape index (κ3) is 5.65. The first-order valence-corrected chi connectivity index (χ1v) is 12.9. The van der Waals surface area contributed by atoms with Crippen molar-refractivity contribution in [2.24, 2.45) is 0 Å². The highest BCUT2D eigenvalue weighted by atomic mass is 35.5. The van der Waals surface area contributed by atoms with E-state index in [0.29, 0.717) is 44.2 Å². The van der Waals surface area contributed by atoms with Gasteiger partial charge in [-0.25, -0.2) is 4.98 Å². The maximum absolute atomic E-state index is 12.5. The quantitative estimate of drug-likeness (QED) is 0.210. The second-order valence-corrected chi connectivity index (χ2v) is 9.70. The molecule has 2 aromatic heterocycles. The molecule has 0 spiro atoms. The van der Waals surface area contributed by atoms with Crippen molar-refractivity contribution in [1.29, 1.82) is 0 Å². The summed E-state index contributed by atoms with van der Waals surface area (Å²) in [6.07, 6.45) is 3.00. The summed E-state index contributed by atoms with van der Waals surface area (Å²) < 4.78 is 11.8. The number of benzene rings is 4. The number of carbonyl (C=O) groups is 1. The number of furan rings is 1. The Balaban J connectivity index is 1.14. The number of amides is 1. The molecule has 0 aliphatic heterocycles. The molecule has 7 heteroatoms. The molecule has 0 aliphatic rings. The summed E-state index contributed by atoms with van der Waals surface area (Å²) in [5, 5.41) is 3.88. The van der Waals surface area contributed by atoms with Gasteiger partial charge in [0.2, 0.25) is 11.8 Å². The largest absolute Gasteiger partial charge is 0.457 e. The van der Waals surface area contributed by atoms with Crippen molar-refractivity contribution in [2.75, 3.05) is 5.32 Å². The Morgan fingerprint density at radius 3 is 2.21 bits per heavy atom. The zero-order valence-corrected chi connectivity index (χ0v) is 21.9. The fourth-order valence-corrected chi connectivity index (χ4v) is 4.73. The maximum atomic E-state index is 12.5.